The molecule has 0 fully saturated rings. The first kappa shape index (κ1) is 18.4. The average molecular weight is 392 g/mol. The van der Waals surface area contributed by atoms with E-state index in [1.165, 1.54) is 0 Å². The lowest BCUT2D eigenvalue weighted by molar-refractivity contribution is 0.146. The van der Waals surface area contributed by atoms with Crippen LogP contribution in [0, 0.1) is 0 Å². The molecule has 0 aliphatic carbocycles. The molecule has 0 bridgehead atoms. The number of amides is 2. The van der Waals surface area contributed by atoms with Crippen LogP contribution >= 0.6 is 11.8 Å². The van der Waals surface area contributed by atoms with E-state index in [2.05, 4.69) is 5.32 Å². The van der Waals surface area contributed by atoms with Crippen LogP contribution < -0.4 is 15.0 Å². The van der Waals surface area contributed by atoms with Crippen LogP contribution in [0.3, 0.4) is 0 Å². The Morgan fingerprint density at radius 3 is 2.11 bits per heavy atom. The molecule has 1 aliphatic rings. The molecule has 2 amide bonds. The molecule has 3 aromatic rings. The summed E-state index contributed by atoms with van der Waals surface area (Å²) in [6, 6.07) is 23.0. The molecule has 0 atom stereocenters. The number of fused-ring (bicyclic) bond motifs is 2. The van der Waals surface area contributed by atoms with Crippen molar-refractivity contribution in [2.24, 2.45) is 0 Å². The van der Waals surface area contributed by atoms with E-state index in [-0.39, 0.29) is 6.03 Å². The Balaban J connectivity index is 1.55. The second-order valence-corrected chi connectivity index (χ2v) is 7.25. The maximum absolute atomic E-state index is 13.1. The van der Waals surface area contributed by atoms with E-state index < -0.39 is 0 Å². The van der Waals surface area contributed by atoms with Crippen molar-refractivity contribution in [3.8, 4) is 5.75 Å². The lowest BCUT2D eigenvalue weighted by Crippen LogP contribution is -2.32. The first-order chi connectivity index (χ1) is 13.8. The summed E-state index contributed by atoms with van der Waals surface area (Å²) in [6.07, 6.45) is 0. The Labute approximate surface area is 168 Å². The number of methoxy groups -OCH3 is 1. The highest BCUT2D eigenvalue weighted by Crippen LogP contribution is 2.47. The van der Waals surface area contributed by atoms with E-state index >= 15 is 0 Å². The van der Waals surface area contributed by atoms with Gasteiger partial charge in [-0.2, -0.15) is 0 Å². The first-order valence-electron chi connectivity index (χ1n) is 8.95. The zero-order valence-corrected chi connectivity index (χ0v) is 16.2. The molecule has 5 nitrogen and oxygen atoms in total. The van der Waals surface area contributed by atoms with Gasteiger partial charge in [0, 0.05) is 22.6 Å². The molecule has 0 radical (unpaired) electrons. The van der Waals surface area contributed by atoms with E-state index in [4.69, 9.17) is 9.47 Å². The molecular formula is C22H20N2O3S. The number of anilines is 3. The van der Waals surface area contributed by atoms with Gasteiger partial charge >= 0.3 is 6.03 Å². The average Bonchev–Trinajstić information content (AvgIpc) is 2.73. The summed E-state index contributed by atoms with van der Waals surface area (Å²) in [4.78, 5) is 17.0. The summed E-state index contributed by atoms with van der Waals surface area (Å²) < 4.78 is 10.5. The molecule has 4 rings (SSSR count). The summed E-state index contributed by atoms with van der Waals surface area (Å²) in [5, 5.41) is 2.99. The van der Waals surface area contributed by atoms with Crippen LogP contribution in [0.4, 0.5) is 21.9 Å². The first-order valence-corrected chi connectivity index (χ1v) is 9.77. The highest BCUT2D eigenvalue weighted by Gasteiger charge is 2.27. The van der Waals surface area contributed by atoms with Crippen molar-refractivity contribution >= 4 is 34.9 Å². The Morgan fingerprint density at radius 1 is 0.893 bits per heavy atom. The maximum Gasteiger partial charge on any atom is 0.331 e. The van der Waals surface area contributed by atoms with Crippen molar-refractivity contribution in [3.63, 3.8) is 0 Å². The van der Waals surface area contributed by atoms with Gasteiger partial charge in [0.15, 0.2) is 0 Å². The van der Waals surface area contributed by atoms with Crippen molar-refractivity contribution in [2.45, 2.75) is 9.79 Å². The number of rotatable bonds is 5. The summed E-state index contributed by atoms with van der Waals surface area (Å²) in [5.74, 6) is 0.736. The summed E-state index contributed by atoms with van der Waals surface area (Å²) >= 11 is 1.67. The van der Waals surface area contributed by atoms with Crippen molar-refractivity contribution in [2.75, 3.05) is 30.5 Å². The number of benzene rings is 3. The molecule has 0 saturated heterocycles. The number of para-hydroxylation sites is 2. The van der Waals surface area contributed by atoms with Crippen molar-refractivity contribution < 1.29 is 14.3 Å². The van der Waals surface area contributed by atoms with Crippen LogP contribution in [0.25, 0.3) is 0 Å². The van der Waals surface area contributed by atoms with E-state index in [1.54, 1.807) is 23.8 Å². The fraction of sp³-hybridized carbons (Fsp3) is 0.136. The lowest BCUT2D eigenvalue weighted by Gasteiger charge is -2.31. The van der Waals surface area contributed by atoms with E-state index in [1.807, 2.05) is 72.8 Å². The van der Waals surface area contributed by atoms with Crippen molar-refractivity contribution in [1.82, 2.24) is 0 Å². The van der Waals surface area contributed by atoms with E-state index in [9.17, 15) is 4.79 Å². The lowest BCUT2D eigenvalue weighted by atomic mass is 10.2. The van der Waals surface area contributed by atoms with Gasteiger partial charge in [-0.1, -0.05) is 36.0 Å². The van der Waals surface area contributed by atoms with Gasteiger partial charge in [0.05, 0.1) is 18.0 Å². The molecule has 6 heteroatoms. The number of hydrogen-bond acceptors (Lipinski definition) is 4. The van der Waals surface area contributed by atoms with Crippen molar-refractivity contribution in [3.05, 3.63) is 72.8 Å². The second kappa shape index (κ2) is 8.37. The summed E-state index contributed by atoms with van der Waals surface area (Å²) in [5.41, 5.74) is 2.46. The molecule has 1 aliphatic heterocycles. The van der Waals surface area contributed by atoms with Crippen LogP contribution in [0.15, 0.2) is 82.6 Å². The van der Waals surface area contributed by atoms with Crippen LogP contribution in [-0.2, 0) is 4.74 Å². The molecular weight excluding hydrogens is 372 g/mol. The zero-order chi connectivity index (χ0) is 19.3. The van der Waals surface area contributed by atoms with Crippen LogP contribution in [0.2, 0.25) is 0 Å². The Kier molecular flexibility index (Phi) is 5.50. The van der Waals surface area contributed by atoms with Crippen LogP contribution in [0.5, 0.6) is 5.75 Å². The highest BCUT2D eigenvalue weighted by molar-refractivity contribution is 7.99. The number of urea groups is 1. The topological polar surface area (TPSA) is 50.8 Å². The maximum atomic E-state index is 13.1. The largest absolute Gasteiger partial charge is 0.491 e. The number of nitrogens with zero attached hydrogens (tertiary/aromatic N) is 1. The normalized spacial score (nSPS) is 12.1. The van der Waals surface area contributed by atoms with Gasteiger partial charge in [-0.05, 0) is 48.5 Å². The monoisotopic (exact) mass is 392 g/mol. The molecule has 0 saturated carbocycles. The molecule has 0 spiro atoms. The number of carbonyl (C=O) groups is 1. The van der Waals surface area contributed by atoms with Gasteiger partial charge in [-0.25, -0.2) is 4.79 Å². The standard InChI is InChI=1S/C22H20N2O3S/c1-26-14-15-27-17-12-10-16(11-13-17)23-22(25)24-18-6-2-4-8-20(18)28-21-9-5-3-7-19(21)24/h2-13H,14-15H2,1H3,(H,23,25). The summed E-state index contributed by atoms with van der Waals surface area (Å²) in [7, 11) is 1.64. The Hall–Kier alpha value is -2.96. The molecule has 3 aromatic carbocycles. The number of nitrogens with one attached hydrogen (secondary N) is 1. The predicted octanol–water partition coefficient (Wildman–Crippen LogP) is 5.55. The molecule has 142 valence electrons. The van der Waals surface area contributed by atoms with Gasteiger partial charge in [0.1, 0.15) is 12.4 Å². The van der Waals surface area contributed by atoms with Gasteiger partial charge in [-0.15, -0.1) is 0 Å². The fourth-order valence-corrected chi connectivity index (χ4v) is 4.04. The van der Waals surface area contributed by atoms with E-state index in [0.717, 1.165) is 26.9 Å². The molecule has 1 heterocycles. The quantitative estimate of drug-likeness (QED) is 0.579. The molecule has 1 N–H and O–H groups in total. The summed E-state index contributed by atoms with van der Waals surface area (Å²) in [6.45, 7) is 1.02. The van der Waals surface area contributed by atoms with Crippen LogP contribution in [-0.4, -0.2) is 26.4 Å². The third-order valence-corrected chi connectivity index (χ3v) is 5.43. The Morgan fingerprint density at radius 2 is 1.50 bits per heavy atom. The Bertz CT molecular complexity index is 930. The minimum absolute atomic E-state index is 0.201. The molecule has 0 aromatic heterocycles. The van der Waals surface area contributed by atoms with E-state index in [0.29, 0.717) is 18.9 Å². The smallest absolute Gasteiger partial charge is 0.331 e. The molecule has 0 unspecified atom stereocenters. The third kappa shape index (κ3) is 3.83. The predicted molar refractivity (Wildman–Crippen MR) is 112 cm³/mol. The second-order valence-electron chi connectivity index (χ2n) is 6.17. The SMILES string of the molecule is COCCOc1ccc(NC(=O)N2c3ccccc3Sc3ccccc32)cc1. The minimum atomic E-state index is -0.201. The van der Waals surface area contributed by atoms with Gasteiger partial charge < -0.3 is 14.8 Å². The fourth-order valence-electron chi connectivity index (χ4n) is 2.98. The third-order valence-electron chi connectivity index (χ3n) is 4.30. The molecule has 28 heavy (non-hydrogen) atoms. The number of ether oxygens (including phenoxy) is 2. The van der Waals surface area contributed by atoms with Gasteiger partial charge in [0.2, 0.25) is 0 Å². The van der Waals surface area contributed by atoms with Crippen LogP contribution in [0.1, 0.15) is 0 Å². The highest BCUT2D eigenvalue weighted by atomic mass is 32.2. The minimum Gasteiger partial charge on any atom is -0.491 e. The number of carbonyl (C=O) groups excluding carboxylic acids is 1. The number of hydrogen-bond donors (Lipinski definition) is 1. The van der Waals surface area contributed by atoms with Gasteiger partial charge in [0.25, 0.3) is 0 Å². The van der Waals surface area contributed by atoms with Crippen molar-refractivity contribution in [1.29, 1.82) is 0 Å². The zero-order valence-electron chi connectivity index (χ0n) is 15.4. The van der Waals surface area contributed by atoms with Gasteiger partial charge in [-0.3, -0.25) is 4.90 Å².